The standard InChI is InChI=1S/C9H9ClO2.C8H8O2.CH3Br/c10-8-3-1-7(2-4-8)9-11-5-6-12-9;1-10-8(9)7-5-3-2-4-6-7;1-2/h1-4,9H,5-6H2;2-6H,1H3;1H3. The summed E-state index contributed by atoms with van der Waals surface area (Å²) < 4.78 is 15.1. The zero-order valence-electron chi connectivity index (χ0n) is 13.6. The fourth-order valence-electron chi connectivity index (χ4n) is 1.86. The van der Waals surface area contributed by atoms with Crippen LogP contribution in [0.2, 0.25) is 5.02 Å². The van der Waals surface area contributed by atoms with Crippen molar-refractivity contribution in [2.45, 2.75) is 6.29 Å². The van der Waals surface area contributed by atoms with Crippen molar-refractivity contribution in [3.63, 3.8) is 0 Å². The van der Waals surface area contributed by atoms with Gasteiger partial charge in [-0.05, 0) is 30.1 Å². The number of rotatable bonds is 2. The molecule has 3 rings (SSSR count). The highest BCUT2D eigenvalue weighted by atomic mass is 79.9. The molecule has 1 heterocycles. The lowest BCUT2D eigenvalue weighted by atomic mass is 10.2. The lowest BCUT2D eigenvalue weighted by Crippen LogP contribution is -1.99. The van der Waals surface area contributed by atoms with Gasteiger partial charge in [0.25, 0.3) is 0 Å². The van der Waals surface area contributed by atoms with Gasteiger partial charge in [0.05, 0.1) is 25.9 Å². The van der Waals surface area contributed by atoms with Crippen LogP contribution >= 0.6 is 27.5 Å². The zero-order chi connectivity index (χ0) is 17.8. The third-order valence-electron chi connectivity index (χ3n) is 2.96. The van der Waals surface area contributed by atoms with Gasteiger partial charge < -0.3 is 14.2 Å². The average molecular weight is 416 g/mol. The summed E-state index contributed by atoms with van der Waals surface area (Å²) in [5.74, 6) is 1.52. The number of hydrogen-bond donors (Lipinski definition) is 0. The van der Waals surface area contributed by atoms with Crippen LogP contribution < -0.4 is 0 Å². The van der Waals surface area contributed by atoms with Gasteiger partial charge in [0.1, 0.15) is 0 Å². The number of halogens is 2. The van der Waals surface area contributed by atoms with Crippen molar-refractivity contribution in [3.05, 3.63) is 70.7 Å². The predicted molar refractivity (Wildman–Crippen MR) is 98.7 cm³/mol. The summed E-state index contributed by atoms with van der Waals surface area (Å²) in [5, 5.41) is 0.733. The van der Waals surface area contributed by atoms with Crippen LogP contribution in [0.5, 0.6) is 0 Å². The molecule has 0 amide bonds. The molecule has 0 atom stereocenters. The summed E-state index contributed by atoms with van der Waals surface area (Å²) in [4.78, 5) is 10.8. The minimum atomic E-state index is -0.291. The molecule has 0 N–H and O–H groups in total. The monoisotopic (exact) mass is 414 g/mol. The molecule has 6 heteroatoms. The molecule has 0 unspecified atom stereocenters. The Hall–Kier alpha value is -1.40. The summed E-state index contributed by atoms with van der Waals surface area (Å²) in [6.07, 6.45) is -0.192. The van der Waals surface area contributed by atoms with Crippen LogP contribution in [0.4, 0.5) is 0 Å². The summed E-state index contributed by atoms with van der Waals surface area (Å²) in [5.41, 5.74) is 1.61. The Morgan fingerprint density at radius 1 is 1.04 bits per heavy atom. The first-order valence-corrected chi connectivity index (χ1v) is 9.17. The maximum Gasteiger partial charge on any atom is 0.337 e. The lowest BCUT2D eigenvalue weighted by molar-refractivity contribution is -0.0441. The summed E-state index contributed by atoms with van der Waals surface area (Å²) in [6, 6.07) is 16.4. The van der Waals surface area contributed by atoms with Gasteiger partial charge in [-0.1, -0.05) is 57.9 Å². The highest BCUT2D eigenvalue weighted by molar-refractivity contribution is 9.08. The van der Waals surface area contributed by atoms with Crippen molar-refractivity contribution < 1.29 is 19.0 Å². The van der Waals surface area contributed by atoms with Gasteiger partial charge in [0, 0.05) is 10.6 Å². The molecule has 0 spiro atoms. The minimum absolute atomic E-state index is 0.192. The number of methoxy groups -OCH3 is 1. The molecule has 0 aromatic heterocycles. The van der Waals surface area contributed by atoms with E-state index >= 15 is 0 Å². The Balaban J connectivity index is 0.000000221. The van der Waals surface area contributed by atoms with E-state index < -0.39 is 0 Å². The van der Waals surface area contributed by atoms with Crippen LogP contribution in [-0.2, 0) is 14.2 Å². The van der Waals surface area contributed by atoms with Crippen LogP contribution in [0.15, 0.2) is 54.6 Å². The molecule has 130 valence electrons. The molecular formula is C18H20BrClO4. The van der Waals surface area contributed by atoms with Crippen molar-refractivity contribution >= 4 is 33.5 Å². The Labute approximate surface area is 155 Å². The Morgan fingerprint density at radius 3 is 2.08 bits per heavy atom. The molecule has 1 fully saturated rings. The SMILES string of the molecule is CBr.COC(=O)c1ccccc1.Clc1ccc(C2OCCO2)cc1. The van der Waals surface area contributed by atoms with E-state index in [1.807, 2.05) is 36.2 Å². The van der Waals surface area contributed by atoms with Crippen LogP contribution in [0, 0.1) is 0 Å². The number of alkyl halides is 1. The summed E-state index contributed by atoms with van der Waals surface area (Å²) in [7, 11) is 1.37. The Kier molecular flexibility index (Phi) is 10.4. The van der Waals surface area contributed by atoms with Crippen molar-refractivity contribution in [2.75, 3.05) is 26.2 Å². The third kappa shape index (κ3) is 7.01. The Bertz CT molecular complexity index is 584. The highest BCUT2D eigenvalue weighted by Gasteiger charge is 2.17. The first kappa shape index (κ1) is 20.6. The third-order valence-corrected chi connectivity index (χ3v) is 3.21. The zero-order valence-corrected chi connectivity index (χ0v) is 15.9. The quantitative estimate of drug-likeness (QED) is 0.518. The van der Waals surface area contributed by atoms with E-state index in [1.165, 1.54) is 7.11 Å². The van der Waals surface area contributed by atoms with Gasteiger partial charge in [-0.2, -0.15) is 0 Å². The second kappa shape index (κ2) is 12.0. The second-order valence-corrected chi connectivity index (χ2v) is 4.92. The molecule has 1 aliphatic heterocycles. The van der Waals surface area contributed by atoms with E-state index in [4.69, 9.17) is 21.1 Å². The molecule has 24 heavy (non-hydrogen) atoms. The first-order chi connectivity index (χ1) is 11.7. The molecule has 0 bridgehead atoms. The van der Waals surface area contributed by atoms with E-state index in [0.717, 1.165) is 10.6 Å². The molecule has 1 aliphatic rings. The first-order valence-electron chi connectivity index (χ1n) is 7.20. The van der Waals surface area contributed by atoms with E-state index in [-0.39, 0.29) is 12.3 Å². The van der Waals surface area contributed by atoms with Crippen molar-refractivity contribution in [2.24, 2.45) is 0 Å². The average Bonchev–Trinajstić information content (AvgIpc) is 3.19. The lowest BCUT2D eigenvalue weighted by Gasteiger charge is -2.08. The molecule has 0 radical (unpaired) electrons. The van der Waals surface area contributed by atoms with Crippen molar-refractivity contribution in [1.82, 2.24) is 0 Å². The van der Waals surface area contributed by atoms with Crippen molar-refractivity contribution in [1.29, 1.82) is 0 Å². The Morgan fingerprint density at radius 2 is 1.58 bits per heavy atom. The maximum atomic E-state index is 10.8. The molecule has 0 aliphatic carbocycles. The largest absolute Gasteiger partial charge is 0.465 e. The van der Waals surface area contributed by atoms with Gasteiger partial charge in [-0.15, -0.1) is 0 Å². The van der Waals surface area contributed by atoms with Crippen molar-refractivity contribution in [3.8, 4) is 0 Å². The van der Waals surface area contributed by atoms with Gasteiger partial charge >= 0.3 is 5.97 Å². The maximum absolute atomic E-state index is 10.8. The number of ether oxygens (including phenoxy) is 3. The van der Waals surface area contributed by atoms with Gasteiger partial charge in [0.15, 0.2) is 6.29 Å². The number of esters is 1. The number of benzene rings is 2. The normalized spacial score (nSPS) is 13.2. The number of carbonyl (C=O) groups is 1. The summed E-state index contributed by atoms with van der Waals surface area (Å²) in [6.45, 7) is 1.35. The minimum Gasteiger partial charge on any atom is -0.465 e. The topological polar surface area (TPSA) is 44.8 Å². The second-order valence-electron chi connectivity index (χ2n) is 4.48. The van der Waals surface area contributed by atoms with E-state index in [1.54, 1.807) is 24.3 Å². The molecule has 2 aromatic rings. The number of hydrogen-bond acceptors (Lipinski definition) is 4. The van der Waals surface area contributed by atoms with Gasteiger partial charge in [-0.3, -0.25) is 0 Å². The fraction of sp³-hybridized carbons (Fsp3) is 0.278. The number of carbonyl (C=O) groups excluding carboxylic acids is 1. The van der Waals surface area contributed by atoms with E-state index in [9.17, 15) is 4.79 Å². The molecule has 0 saturated carbocycles. The predicted octanol–water partition coefficient (Wildman–Crippen LogP) is 4.87. The molecule has 1 saturated heterocycles. The van der Waals surface area contributed by atoms with E-state index in [2.05, 4.69) is 20.7 Å². The van der Waals surface area contributed by atoms with Crippen LogP contribution in [0.25, 0.3) is 0 Å². The van der Waals surface area contributed by atoms with Crippen LogP contribution in [-0.4, -0.2) is 32.1 Å². The summed E-state index contributed by atoms with van der Waals surface area (Å²) >= 11 is 8.67. The molecule has 4 nitrogen and oxygen atoms in total. The van der Waals surface area contributed by atoms with Gasteiger partial charge in [0.2, 0.25) is 0 Å². The smallest absolute Gasteiger partial charge is 0.337 e. The molecule has 2 aromatic carbocycles. The highest BCUT2D eigenvalue weighted by Crippen LogP contribution is 2.24. The fourth-order valence-corrected chi connectivity index (χ4v) is 1.99. The van der Waals surface area contributed by atoms with E-state index in [0.29, 0.717) is 18.8 Å². The molecular weight excluding hydrogens is 396 g/mol. The van der Waals surface area contributed by atoms with Crippen LogP contribution in [0.3, 0.4) is 0 Å². The van der Waals surface area contributed by atoms with Crippen LogP contribution in [0.1, 0.15) is 22.2 Å². The van der Waals surface area contributed by atoms with Gasteiger partial charge in [-0.25, -0.2) is 4.79 Å².